The maximum absolute atomic E-state index is 5.50. The van der Waals surface area contributed by atoms with Gasteiger partial charge in [0.05, 0.1) is 0 Å². The topological polar surface area (TPSA) is 0 Å². The van der Waals surface area contributed by atoms with Gasteiger partial charge >= 0.3 is 0 Å². The molecule has 0 N–H and O–H groups in total. The summed E-state index contributed by atoms with van der Waals surface area (Å²) in [4.78, 5) is 0. The summed E-state index contributed by atoms with van der Waals surface area (Å²) in [5.41, 5.74) is 0. The van der Waals surface area contributed by atoms with Crippen molar-refractivity contribution in [3.8, 4) is 0 Å². The Kier molecular flexibility index (Phi) is 9.25. The van der Waals surface area contributed by atoms with Gasteiger partial charge in [-0.2, -0.15) is 12.6 Å². The molecule has 0 aliphatic rings. The Morgan fingerprint density at radius 3 is 2.00 bits per heavy atom. The van der Waals surface area contributed by atoms with Crippen molar-refractivity contribution in [2.45, 2.75) is 32.1 Å². The molecule has 0 amide bonds. The number of halogens is 1. The molecule has 0 saturated carbocycles. The normalized spacial score (nSPS) is 10.0. The van der Waals surface area contributed by atoms with E-state index in [2.05, 4.69) is 12.6 Å². The molecule has 56 valence electrons. The van der Waals surface area contributed by atoms with Gasteiger partial charge in [-0.15, -0.1) is 11.6 Å². The minimum atomic E-state index is 0.820. The van der Waals surface area contributed by atoms with Crippen LogP contribution in [0.25, 0.3) is 0 Å². The van der Waals surface area contributed by atoms with Crippen LogP contribution < -0.4 is 0 Å². The minimum Gasteiger partial charge on any atom is -0.179 e. The molecule has 0 aromatic rings. The van der Waals surface area contributed by atoms with Crippen molar-refractivity contribution in [3.63, 3.8) is 0 Å². The van der Waals surface area contributed by atoms with Crippen LogP contribution in [0.15, 0.2) is 0 Å². The average molecular weight is 167 g/mol. The van der Waals surface area contributed by atoms with Gasteiger partial charge in [0.2, 0.25) is 0 Å². The summed E-state index contributed by atoms with van der Waals surface area (Å²) in [5, 5.41) is 0. The van der Waals surface area contributed by atoms with Crippen LogP contribution in [0.3, 0.4) is 0 Å². The van der Waals surface area contributed by atoms with E-state index in [1.807, 2.05) is 0 Å². The van der Waals surface area contributed by atoms with Gasteiger partial charge < -0.3 is 0 Å². The fourth-order valence-corrected chi connectivity index (χ4v) is 1.15. The van der Waals surface area contributed by atoms with Crippen molar-refractivity contribution in [3.05, 3.63) is 0 Å². The summed E-state index contributed by atoms with van der Waals surface area (Å²) in [6.07, 6.45) is 6.37. The highest BCUT2D eigenvalue weighted by Crippen LogP contribution is 2.03. The molecule has 0 heterocycles. The molecule has 0 unspecified atom stereocenters. The van der Waals surface area contributed by atoms with Crippen LogP contribution in [-0.4, -0.2) is 11.6 Å². The van der Waals surface area contributed by atoms with E-state index in [9.17, 15) is 0 Å². The van der Waals surface area contributed by atoms with Crippen LogP contribution in [-0.2, 0) is 0 Å². The van der Waals surface area contributed by atoms with Crippen molar-refractivity contribution < 1.29 is 0 Å². The van der Waals surface area contributed by atoms with E-state index in [1.54, 1.807) is 0 Å². The molecule has 0 spiro atoms. The highest BCUT2D eigenvalue weighted by molar-refractivity contribution is 7.80. The van der Waals surface area contributed by atoms with E-state index in [4.69, 9.17) is 11.6 Å². The van der Waals surface area contributed by atoms with E-state index in [-0.39, 0.29) is 0 Å². The Balaban J connectivity index is 2.60. The van der Waals surface area contributed by atoms with Crippen LogP contribution in [0.1, 0.15) is 32.1 Å². The molecule has 0 aromatic heterocycles. The summed E-state index contributed by atoms with van der Waals surface area (Å²) in [7, 11) is 0. The molecule has 0 radical (unpaired) electrons. The first-order chi connectivity index (χ1) is 4.41. The molecule has 0 aliphatic heterocycles. The first kappa shape index (κ1) is 9.64. The lowest BCUT2D eigenvalue weighted by Gasteiger charge is -1.95. The second-order valence-electron chi connectivity index (χ2n) is 2.18. The summed E-state index contributed by atoms with van der Waals surface area (Å²) in [6, 6.07) is 0. The predicted molar refractivity (Wildman–Crippen MR) is 47.7 cm³/mol. The SMILES string of the molecule is SCCCCCCCCl. The number of thiol groups is 1. The van der Waals surface area contributed by atoms with Crippen LogP contribution in [0.4, 0.5) is 0 Å². The van der Waals surface area contributed by atoms with Crippen molar-refractivity contribution in [1.29, 1.82) is 0 Å². The van der Waals surface area contributed by atoms with Crippen molar-refractivity contribution in [1.82, 2.24) is 0 Å². The van der Waals surface area contributed by atoms with Crippen LogP contribution in [0.2, 0.25) is 0 Å². The summed E-state index contributed by atoms with van der Waals surface area (Å²) >= 11 is 9.62. The smallest absolute Gasteiger partial charge is 0.0223 e. The molecular weight excluding hydrogens is 152 g/mol. The Morgan fingerprint density at radius 1 is 0.889 bits per heavy atom. The van der Waals surface area contributed by atoms with Crippen LogP contribution in [0.5, 0.6) is 0 Å². The zero-order chi connectivity index (χ0) is 6.95. The Labute approximate surface area is 68.4 Å². The fraction of sp³-hybridized carbons (Fsp3) is 1.00. The van der Waals surface area contributed by atoms with Crippen LogP contribution in [0, 0.1) is 0 Å². The van der Waals surface area contributed by atoms with E-state index >= 15 is 0 Å². The third kappa shape index (κ3) is 8.64. The van der Waals surface area contributed by atoms with Crippen molar-refractivity contribution in [2.24, 2.45) is 0 Å². The molecular formula is C7H15ClS. The maximum atomic E-state index is 5.50. The number of hydrogen-bond donors (Lipinski definition) is 1. The minimum absolute atomic E-state index is 0.820. The van der Waals surface area contributed by atoms with E-state index in [1.165, 1.54) is 32.1 Å². The molecule has 2 heteroatoms. The standard InChI is InChI=1S/C7H15ClS/c8-6-4-2-1-3-5-7-9/h9H,1-7H2. The number of alkyl halides is 1. The average Bonchev–Trinajstić information content (AvgIpc) is 1.89. The first-order valence-electron chi connectivity index (χ1n) is 3.58. The summed E-state index contributed by atoms with van der Waals surface area (Å²) < 4.78 is 0. The molecule has 0 aromatic carbocycles. The van der Waals surface area contributed by atoms with Gasteiger partial charge in [-0.05, 0) is 18.6 Å². The van der Waals surface area contributed by atoms with Crippen molar-refractivity contribution in [2.75, 3.05) is 11.6 Å². The fourth-order valence-electron chi connectivity index (χ4n) is 0.737. The predicted octanol–water partition coefficient (Wildman–Crippen LogP) is 3.11. The van der Waals surface area contributed by atoms with Gasteiger partial charge in [-0.1, -0.05) is 19.3 Å². The van der Waals surface area contributed by atoms with Gasteiger partial charge in [-0.25, -0.2) is 0 Å². The van der Waals surface area contributed by atoms with Gasteiger partial charge in [-0.3, -0.25) is 0 Å². The molecule has 0 saturated heterocycles. The van der Waals surface area contributed by atoms with E-state index < -0.39 is 0 Å². The zero-order valence-corrected chi connectivity index (χ0v) is 7.43. The monoisotopic (exact) mass is 166 g/mol. The third-order valence-electron chi connectivity index (χ3n) is 1.29. The Hall–Kier alpha value is 0.640. The maximum Gasteiger partial charge on any atom is 0.0223 e. The van der Waals surface area contributed by atoms with E-state index in [0.717, 1.165) is 11.6 Å². The Bertz CT molecular complexity index is 42.2. The first-order valence-corrected chi connectivity index (χ1v) is 4.75. The lowest BCUT2D eigenvalue weighted by Crippen LogP contribution is -1.80. The summed E-state index contributed by atoms with van der Waals surface area (Å²) in [6.45, 7) is 0. The lowest BCUT2D eigenvalue weighted by atomic mass is 10.2. The highest BCUT2D eigenvalue weighted by atomic mass is 35.5. The summed E-state index contributed by atoms with van der Waals surface area (Å²) in [5.74, 6) is 1.85. The third-order valence-corrected chi connectivity index (χ3v) is 1.88. The molecule has 0 atom stereocenters. The molecule has 0 aliphatic carbocycles. The van der Waals surface area contributed by atoms with Gasteiger partial charge in [0.15, 0.2) is 0 Å². The largest absolute Gasteiger partial charge is 0.179 e. The quantitative estimate of drug-likeness (QED) is 0.350. The van der Waals surface area contributed by atoms with Gasteiger partial charge in [0, 0.05) is 5.88 Å². The van der Waals surface area contributed by atoms with Crippen molar-refractivity contribution >= 4 is 24.2 Å². The van der Waals surface area contributed by atoms with Gasteiger partial charge in [0.25, 0.3) is 0 Å². The molecule has 0 nitrogen and oxygen atoms in total. The number of rotatable bonds is 6. The second kappa shape index (κ2) is 8.64. The highest BCUT2D eigenvalue weighted by Gasteiger charge is 1.86. The number of unbranched alkanes of at least 4 members (excludes halogenated alkanes) is 4. The second-order valence-corrected chi connectivity index (χ2v) is 3.01. The molecule has 0 fully saturated rings. The molecule has 0 bridgehead atoms. The van der Waals surface area contributed by atoms with E-state index in [0.29, 0.717) is 0 Å². The number of hydrogen-bond acceptors (Lipinski definition) is 1. The van der Waals surface area contributed by atoms with Crippen LogP contribution >= 0.6 is 24.2 Å². The molecule has 9 heavy (non-hydrogen) atoms. The molecule has 0 rings (SSSR count). The zero-order valence-electron chi connectivity index (χ0n) is 5.77. The Morgan fingerprint density at radius 2 is 1.44 bits per heavy atom. The van der Waals surface area contributed by atoms with Gasteiger partial charge in [0.1, 0.15) is 0 Å². The lowest BCUT2D eigenvalue weighted by molar-refractivity contribution is 0.662.